The summed E-state index contributed by atoms with van der Waals surface area (Å²) in [5.74, 6) is 0.252. The molecule has 0 fully saturated rings. The highest BCUT2D eigenvalue weighted by Gasteiger charge is 2.22. The maximum atomic E-state index is 12.8. The van der Waals surface area contributed by atoms with E-state index in [-0.39, 0.29) is 5.91 Å². The summed E-state index contributed by atoms with van der Waals surface area (Å²) in [4.78, 5) is 22.6. The summed E-state index contributed by atoms with van der Waals surface area (Å²) in [5, 5.41) is 2.96. The first-order valence-corrected chi connectivity index (χ1v) is 10.6. The van der Waals surface area contributed by atoms with E-state index in [1.807, 2.05) is 78.9 Å². The Kier molecular flexibility index (Phi) is 5.22. The summed E-state index contributed by atoms with van der Waals surface area (Å²) in [6.45, 7) is 0. The van der Waals surface area contributed by atoms with Crippen LogP contribution in [0.3, 0.4) is 0 Å². The van der Waals surface area contributed by atoms with Gasteiger partial charge in [-0.05, 0) is 54.3 Å². The zero-order valence-corrected chi connectivity index (χ0v) is 17.5. The first-order chi connectivity index (χ1) is 15.7. The number of aromatic nitrogens is 2. The van der Waals surface area contributed by atoms with Gasteiger partial charge in [-0.3, -0.25) is 4.79 Å². The number of benzene rings is 3. The number of nitrogen functional groups attached to an aromatic ring is 1. The predicted octanol–water partition coefficient (Wildman–Crippen LogP) is 5.25. The lowest BCUT2D eigenvalue weighted by atomic mass is 9.91. The van der Waals surface area contributed by atoms with Gasteiger partial charge in [-0.1, -0.05) is 60.7 Å². The summed E-state index contributed by atoms with van der Waals surface area (Å²) in [7, 11) is 0. The van der Waals surface area contributed by atoms with Crippen molar-refractivity contribution in [3.63, 3.8) is 0 Å². The van der Waals surface area contributed by atoms with Crippen molar-refractivity contribution in [1.82, 2.24) is 9.97 Å². The van der Waals surface area contributed by atoms with E-state index in [1.54, 1.807) is 12.1 Å². The minimum Gasteiger partial charge on any atom is -0.399 e. The number of anilines is 2. The van der Waals surface area contributed by atoms with Crippen molar-refractivity contribution in [2.75, 3.05) is 11.1 Å². The fourth-order valence-corrected chi connectivity index (χ4v) is 3.89. The van der Waals surface area contributed by atoms with Crippen LogP contribution in [0.5, 0.6) is 0 Å². The molecule has 3 aromatic carbocycles. The van der Waals surface area contributed by atoms with E-state index in [2.05, 4.69) is 5.32 Å². The van der Waals surface area contributed by atoms with Gasteiger partial charge in [0.25, 0.3) is 5.91 Å². The number of nitrogens with zero attached hydrogens (tertiary/aromatic N) is 2. The van der Waals surface area contributed by atoms with Crippen LogP contribution in [-0.4, -0.2) is 15.9 Å². The van der Waals surface area contributed by atoms with Gasteiger partial charge in [-0.15, -0.1) is 0 Å². The van der Waals surface area contributed by atoms with Gasteiger partial charge in [0.2, 0.25) is 0 Å². The molecule has 0 saturated heterocycles. The van der Waals surface area contributed by atoms with Gasteiger partial charge in [-0.2, -0.15) is 0 Å². The Balaban J connectivity index is 1.58. The van der Waals surface area contributed by atoms with Gasteiger partial charge in [0.15, 0.2) is 5.82 Å². The predicted molar refractivity (Wildman–Crippen MR) is 129 cm³/mol. The van der Waals surface area contributed by atoms with Gasteiger partial charge >= 0.3 is 0 Å². The van der Waals surface area contributed by atoms with Gasteiger partial charge in [0.1, 0.15) is 5.69 Å². The lowest BCUT2D eigenvalue weighted by Gasteiger charge is -2.20. The molecular formula is C27H22N4O. The van der Waals surface area contributed by atoms with Crippen LogP contribution in [0, 0.1) is 0 Å². The molecule has 1 aromatic heterocycles. The van der Waals surface area contributed by atoms with Crippen LogP contribution in [0.25, 0.3) is 23.4 Å². The SMILES string of the molecule is Nc1ccc2c(c1)CCc1nc(NC(=O)c3ccccc3)c(C=Cc3ccccc3)nc1-2. The number of fused-ring (bicyclic) bond motifs is 3. The van der Waals surface area contributed by atoms with Crippen molar-refractivity contribution in [1.29, 1.82) is 0 Å². The Morgan fingerprint density at radius 2 is 1.62 bits per heavy atom. The number of rotatable bonds is 4. The van der Waals surface area contributed by atoms with Crippen molar-refractivity contribution < 1.29 is 4.79 Å². The Labute approximate surface area is 186 Å². The summed E-state index contributed by atoms with van der Waals surface area (Å²) in [5.41, 5.74) is 12.9. The molecule has 1 heterocycles. The molecule has 0 bridgehead atoms. The molecule has 0 unspecified atom stereocenters. The van der Waals surface area contributed by atoms with Crippen molar-refractivity contribution in [2.45, 2.75) is 12.8 Å². The molecule has 0 aliphatic heterocycles. The van der Waals surface area contributed by atoms with E-state index in [1.165, 1.54) is 5.56 Å². The molecule has 5 heteroatoms. The molecular weight excluding hydrogens is 396 g/mol. The largest absolute Gasteiger partial charge is 0.399 e. The second kappa shape index (κ2) is 8.47. The smallest absolute Gasteiger partial charge is 0.256 e. The highest BCUT2D eigenvalue weighted by atomic mass is 16.1. The second-order valence-corrected chi connectivity index (χ2v) is 7.73. The molecule has 5 nitrogen and oxygen atoms in total. The molecule has 32 heavy (non-hydrogen) atoms. The van der Waals surface area contributed by atoms with Gasteiger partial charge in [0, 0.05) is 16.8 Å². The van der Waals surface area contributed by atoms with Crippen LogP contribution in [0.4, 0.5) is 11.5 Å². The molecule has 1 aliphatic rings. The van der Waals surface area contributed by atoms with Gasteiger partial charge in [0.05, 0.1) is 11.4 Å². The van der Waals surface area contributed by atoms with Crippen molar-refractivity contribution in [2.24, 2.45) is 0 Å². The van der Waals surface area contributed by atoms with E-state index in [0.717, 1.165) is 41.0 Å². The summed E-state index contributed by atoms with van der Waals surface area (Å²) in [6.07, 6.45) is 5.46. The highest BCUT2D eigenvalue weighted by molar-refractivity contribution is 6.04. The number of nitrogens with two attached hydrogens (primary N) is 1. The van der Waals surface area contributed by atoms with Crippen molar-refractivity contribution in [3.05, 3.63) is 107 Å². The normalized spacial score (nSPS) is 12.2. The van der Waals surface area contributed by atoms with Crippen LogP contribution in [0.1, 0.15) is 32.9 Å². The average molecular weight is 419 g/mol. The first-order valence-electron chi connectivity index (χ1n) is 10.6. The average Bonchev–Trinajstić information content (AvgIpc) is 2.83. The van der Waals surface area contributed by atoms with E-state index in [0.29, 0.717) is 17.1 Å². The number of aryl methyl sites for hydroxylation is 2. The number of nitrogens with one attached hydrogen (secondary N) is 1. The van der Waals surface area contributed by atoms with Crippen LogP contribution < -0.4 is 11.1 Å². The molecule has 3 N–H and O–H groups in total. The molecule has 5 rings (SSSR count). The molecule has 4 aromatic rings. The molecule has 0 spiro atoms. The number of carbonyl (C=O) groups excluding carboxylic acids is 1. The third kappa shape index (κ3) is 4.01. The van der Waals surface area contributed by atoms with Crippen LogP contribution in [-0.2, 0) is 12.8 Å². The highest BCUT2D eigenvalue weighted by Crippen LogP contribution is 2.34. The minimum absolute atomic E-state index is 0.210. The third-order valence-corrected chi connectivity index (χ3v) is 5.51. The van der Waals surface area contributed by atoms with E-state index in [4.69, 9.17) is 15.7 Å². The van der Waals surface area contributed by atoms with Crippen molar-refractivity contribution in [3.8, 4) is 11.3 Å². The zero-order chi connectivity index (χ0) is 21.9. The van der Waals surface area contributed by atoms with E-state index >= 15 is 0 Å². The minimum atomic E-state index is -0.210. The number of amides is 1. The van der Waals surface area contributed by atoms with E-state index in [9.17, 15) is 4.79 Å². The second-order valence-electron chi connectivity index (χ2n) is 7.73. The maximum absolute atomic E-state index is 12.8. The summed E-state index contributed by atoms with van der Waals surface area (Å²) in [6, 6.07) is 25.0. The van der Waals surface area contributed by atoms with Crippen LogP contribution in [0.15, 0.2) is 78.9 Å². The molecule has 1 aliphatic carbocycles. The Morgan fingerprint density at radius 1 is 0.875 bits per heavy atom. The lowest BCUT2D eigenvalue weighted by molar-refractivity contribution is 0.102. The first kappa shape index (κ1) is 19.7. The zero-order valence-electron chi connectivity index (χ0n) is 17.5. The van der Waals surface area contributed by atoms with Gasteiger partial charge < -0.3 is 11.1 Å². The lowest BCUT2D eigenvalue weighted by Crippen LogP contribution is -2.17. The quantitative estimate of drug-likeness (QED) is 0.444. The van der Waals surface area contributed by atoms with E-state index < -0.39 is 0 Å². The molecule has 0 saturated carbocycles. The molecule has 1 amide bonds. The standard InChI is InChI=1S/C27H22N4O/c28-21-13-14-22-20(17-21)12-16-23-25(22)29-24(15-11-18-7-3-1-4-8-18)26(30-23)31-27(32)19-9-5-2-6-10-19/h1-11,13-15,17H,12,16,28H2,(H,30,31,32). The van der Waals surface area contributed by atoms with Crippen LogP contribution >= 0.6 is 0 Å². The number of hydrogen-bond acceptors (Lipinski definition) is 4. The Morgan fingerprint density at radius 3 is 2.41 bits per heavy atom. The molecule has 0 radical (unpaired) electrons. The monoisotopic (exact) mass is 418 g/mol. The molecule has 0 atom stereocenters. The topological polar surface area (TPSA) is 80.9 Å². The van der Waals surface area contributed by atoms with Gasteiger partial charge in [-0.25, -0.2) is 9.97 Å². The molecule has 156 valence electrons. The maximum Gasteiger partial charge on any atom is 0.256 e. The van der Waals surface area contributed by atoms with Crippen LogP contribution in [0.2, 0.25) is 0 Å². The number of hydrogen-bond donors (Lipinski definition) is 2. The summed E-state index contributed by atoms with van der Waals surface area (Å²) < 4.78 is 0. The fraction of sp³-hybridized carbons (Fsp3) is 0.0741. The fourth-order valence-electron chi connectivity index (χ4n) is 3.89. The number of carbonyl (C=O) groups is 1. The van der Waals surface area contributed by atoms with Crippen molar-refractivity contribution >= 4 is 29.6 Å². The summed E-state index contributed by atoms with van der Waals surface area (Å²) >= 11 is 0. The Hall–Kier alpha value is -4.25. The third-order valence-electron chi connectivity index (χ3n) is 5.51. The Bertz CT molecular complexity index is 1310.